The molecule has 1 amide bonds. The number of amides is 1. The van der Waals surface area contributed by atoms with Gasteiger partial charge in [0.15, 0.2) is 6.04 Å². The number of piperazine rings is 1. The van der Waals surface area contributed by atoms with Crippen LogP contribution in [0.2, 0.25) is 10.0 Å². The SMILES string of the molecule is C[C@H](C(=O)Nc1ccc(F)cc1Cl)[NH+]1CC[NH+](Cc2cccc(Cl)c2)CC1. The molecule has 0 aromatic heterocycles. The van der Waals surface area contributed by atoms with Gasteiger partial charge in [-0.3, -0.25) is 4.79 Å². The van der Waals surface area contributed by atoms with Gasteiger partial charge in [-0.15, -0.1) is 0 Å². The van der Waals surface area contributed by atoms with Crippen LogP contribution in [0.4, 0.5) is 10.1 Å². The van der Waals surface area contributed by atoms with Crippen molar-refractivity contribution in [1.29, 1.82) is 0 Å². The van der Waals surface area contributed by atoms with E-state index in [1.807, 2.05) is 25.1 Å². The average Bonchev–Trinajstić information content (AvgIpc) is 2.64. The molecule has 0 aliphatic carbocycles. The number of hydrogen-bond acceptors (Lipinski definition) is 1. The fourth-order valence-corrected chi connectivity index (χ4v) is 3.91. The predicted molar refractivity (Wildman–Crippen MR) is 106 cm³/mol. The number of carbonyl (C=O) groups excluding carboxylic acids is 1. The number of rotatable bonds is 5. The summed E-state index contributed by atoms with van der Waals surface area (Å²) in [6.07, 6.45) is 0. The topological polar surface area (TPSA) is 38.0 Å². The number of carbonyl (C=O) groups is 1. The third kappa shape index (κ3) is 5.42. The molecule has 1 fully saturated rings. The standard InChI is InChI=1S/C20H22Cl2FN3O/c1-14(20(27)24-19-6-5-17(23)12-18(19)22)26-9-7-25(8-10-26)13-15-3-2-4-16(21)11-15/h2-6,11-12,14H,7-10,13H2,1H3,(H,24,27)/p+2/t14-/m1/s1. The molecule has 3 N–H and O–H groups in total. The Morgan fingerprint density at radius 1 is 1.15 bits per heavy atom. The molecule has 7 heteroatoms. The van der Waals surface area contributed by atoms with Crippen molar-refractivity contribution in [2.45, 2.75) is 19.5 Å². The molecule has 4 nitrogen and oxygen atoms in total. The maximum atomic E-state index is 13.1. The lowest BCUT2D eigenvalue weighted by Gasteiger charge is -2.32. The number of halogens is 3. The van der Waals surface area contributed by atoms with E-state index in [2.05, 4.69) is 11.4 Å². The van der Waals surface area contributed by atoms with Gasteiger partial charge in [-0.2, -0.15) is 0 Å². The Hall–Kier alpha value is -1.66. The van der Waals surface area contributed by atoms with Crippen LogP contribution in [-0.4, -0.2) is 38.1 Å². The van der Waals surface area contributed by atoms with Crippen LogP contribution in [0.1, 0.15) is 12.5 Å². The van der Waals surface area contributed by atoms with Gasteiger partial charge in [-0.1, -0.05) is 35.3 Å². The van der Waals surface area contributed by atoms with E-state index < -0.39 is 5.82 Å². The molecule has 3 rings (SSSR count). The van der Waals surface area contributed by atoms with Crippen molar-refractivity contribution < 1.29 is 19.0 Å². The minimum Gasteiger partial charge on any atom is -0.322 e. The highest BCUT2D eigenvalue weighted by Crippen LogP contribution is 2.22. The van der Waals surface area contributed by atoms with Crippen LogP contribution in [0.3, 0.4) is 0 Å². The third-order valence-corrected chi connectivity index (χ3v) is 5.68. The Balaban J connectivity index is 1.51. The van der Waals surface area contributed by atoms with Crippen LogP contribution in [-0.2, 0) is 11.3 Å². The predicted octanol–water partition coefficient (Wildman–Crippen LogP) is 1.44. The first-order valence-electron chi connectivity index (χ1n) is 9.11. The molecule has 0 bridgehead atoms. The van der Waals surface area contributed by atoms with Crippen molar-refractivity contribution in [3.05, 3.63) is 63.9 Å². The van der Waals surface area contributed by atoms with Crippen molar-refractivity contribution in [2.24, 2.45) is 0 Å². The van der Waals surface area contributed by atoms with Gasteiger partial charge in [-0.25, -0.2) is 4.39 Å². The van der Waals surface area contributed by atoms with Gasteiger partial charge in [0.1, 0.15) is 38.5 Å². The first-order valence-corrected chi connectivity index (χ1v) is 9.86. The van der Waals surface area contributed by atoms with Crippen molar-refractivity contribution >= 4 is 34.8 Å². The van der Waals surface area contributed by atoms with Crippen LogP contribution in [0.5, 0.6) is 0 Å². The maximum Gasteiger partial charge on any atom is 0.282 e. The van der Waals surface area contributed by atoms with E-state index >= 15 is 0 Å². The molecule has 1 saturated heterocycles. The van der Waals surface area contributed by atoms with Gasteiger partial charge < -0.3 is 15.1 Å². The zero-order valence-corrected chi connectivity index (χ0v) is 16.7. The zero-order valence-electron chi connectivity index (χ0n) is 15.2. The van der Waals surface area contributed by atoms with Crippen LogP contribution in [0.15, 0.2) is 42.5 Å². The fraction of sp³-hybridized carbons (Fsp3) is 0.350. The van der Waals surface area contributed by atoms with Crippen molar-refractivity contribution in [3.8, 4) is 0 Å². The van der Waals surface area contributed by atoms with E-state index in [-0.39, 0.29) is 17.0 Å². The molecule has 0 spiro atoms. The normalized spacial score (nSPS) is 20.9. The fourth-order valence-electron chi connectivity index (χ4n) is 3.49. The molecule has 2 aromatic rings. The summed E-state index contributed by atoms with van der Waals surface area (Å²) in [5.41, 5.74) is 1.68. The summed E-state index contributed by atoms with van der Waals surface area (Å²) in [7, 11) is 0. The third-order valence-electron chi connectivity index (χ3n) is 5.14. The summed E-state index contributed by atoms with van der Waals surface area (Å²) in [6, 6.07) is 11.8. The molecule has 1 aliphatic rings. The Morgan fingerprint density at radius 3 is 2.56 bits per heavy atom. The highest BCUT2D eigenvalue weighted by molar-refractivity contribution is 6.33. The minimum absolute atomic E-state index is 0.100. The number of nitrogens with one attached hydrogen (secondary N) is 3. The van der Waals surface area contributed by atoms with Crippen LogP contribution >= 0.6 is 23.2 Å². The van der Waals surface area contributed by atoms with Crippen LogP contribution in [0.25, 0.3) is 0 Å². The molecular weight excluding hydrogens is 388 g/mol. The Labute approximate surface area is 168 Å². The van der Waals surface area contributed by atoms with Gasteiger partial charge >= 0.3 is 0 Å². The molecule has 1 aliphatic heterocycles. The molecule has 1 atom stereocenters. The smallest absolute Gasteiger partial charge is 0.282 e. The average molecular weight is 412 g/mol. The number of anilines is 1. The molecule has 0 saturated carbocycles. The summed E-state index contributed by atoms with van der Waals surface area (Å²) in [5, 5.41) is 3.79. The van der Waals surface area contributed by atoms with Crippen molar-refractivity contribution in [2.75, 3.05) is 31.5 Å². The zero-order chi connectivity index (χ0) is 19.4. The lowest BCUT2D eigenvalue weighted by atomic mass is 10.1. The van der Waals surface area contributed by atoms with Crippen molar-refractivity contribution in [1.82, 2.24) is 0 Å². The first-order chi connectivity index (χ1) is 12.9. The summed E-state index contributed by atoms with van der Waals surface area (Å²) in [5.74, 6) is -0.521. The van der Waals surface area contributed by atoms with E-state index in [1.54, 1.807) is 0 Å². The molecule has 0 unspecified atom stereocenters. The number of quaternary nitrogens is 2. The summed E-state index contributed by atoms with van der Waals surface area (Å²) in [6.45, 7) is 6.69. The monoisotopic (exact) mass is 411 g/mol. The van der Waals surface area contributed by atoms with Gasteiger partial charge in [0, 0.05) is 10.6 Å². The number of benzene rings is 2. The summed E-state index contributed by atoms with van der Waals surface area (Å²) >= 11 is 12.1. The van der Waals surface area contributed by atoms with Gasteiger partial charge in [-0.05, 0) is 37.3 Å². The van der Waals surface area contributed by atoms with E-state index in [0.717, 1.165) is 37.7 Å². The first kappa shape index (κ1) is 20.1. The molecular formula is C20H24Cl2FN3O+2. The molecule has 1 heterocycles. The second-order valence-corrected chi connectivity index (χ2v) is 7.89. The van der Waals surface area contributed by atoms with Crippen molar-refractivity contribution in [3.63, 3.8) is 0 Å². The quantitative estimate of drug-likeness (QED) is 0.684. The van der Waals surface area contributed by atoms with E-state index in [0.29, 0.717) is 5.69 Å². The highest BCUT2D eigenvalue weighted by atomic mass is 35.5. The Kier molecular flexibility index (Phi) is 6.71. The van der Waals surface area contributed by atoms with Gasteiger partial charge in [0.05, 0.1) is 10.7 Å². The summed E-state index contributed by atoms with van der Waals surface area (Å²) in [4.78, 5) is 15.3. The Bertz CT molecular complexity index is 810. The molecule has 0 radical (unpaired) electrons. The largest absolute Gasteiger partial charge is 0.322 e. The minimum atomic E-state index is -0.421. The maximum absolute atomic E-state index is 13.1. The lowest BCUT2D eigenvalue weighted by Crippen LogP contribution is -3.29. The second-order valence-electron chi connectivity index (χ2n) is 7.05. The van der Waals surface area contributed by atoms with Gasteiger partial charge in [0.25, 0.3) is 5.91 Å². The van der Waals surface area contributed by atoms with Gasteiger partial charge in [0.2, 0.25) is 0 Å². The van der Waals surface area contributed by atoms with E-state index in [1.165, 1.54) is 33.6 Å². The molecule has 2 aromatic carbocycles. The lowest BCUT2D eigenvalue weighted by molar-refractivity contribution is -1.02. The summed E-state index contributed by atoms with van der Waals surface area (Å²) < 4.78 is 13.1. The number of hydrogen-bond donors (Lipinski definition) is 3. The molecule has 144 valence electrons. The van der Waals surface area contributed by atoms with E-state index in [9.17, 15) is 9.18 Å². The highest BCUT2D eigenvalue weighted by Gasteiger charge is 2.31. The Morgan fingerprint density at radius 2 is 1.89 bits per heavy atom. The van der Waals surface area contributed by atoms with E-state index in [4.69, 9.17) is 23.2 Å². The van der Waals surface area contributed by atoms with Crippen LogP contribution < -0.4 is 15.1 Å². The molecule has 27 heavy (non-hydrogen) atoms. The van der Waals surface area contributed by atoms with Crippen LogP contribution in [0, 0.1) is 5.82 Å². The second kappa shape index (κ2) is 9.02.